The second-order valence-corrected chi connectivity index (χ2v) is 12.0. The quantitative estimate of drug-likeness (QED) is 0.511. The maximum Gasteiger partial charge on any atom is 0.181 e. The highest BCUT2D eigenvalue weighted by atomic mass is 32.2. The summed E-state index contributed by atoms with van der Waals surface area (Å²) in [5.41, 5.74) is 0.197. The molecule has 1 saturated heterocycles. The number of fused-ring (bicyclic) bond motifs is 1. The molecule has 0 saturated carbocycles. The fourth-order valence-electron chi connectivity index (χ4n) is 4.00. The standard InChI is InChI=1S/C23H24F3N3O3S/c1-23(2,3)33(31,32)13-20(30)17-11-27-29-8-7-18(21(26)22(17)29)28-12-16(25)10-19(28)14-5-4-6-15(24)9-14/h4-9,11,16,19H,10,12-13H2,1-3H3/t16-,19+/m0/s1. The van der Waals surface area contributed by atoms with Gasteiger partial charge in [0.1, 0.15) is 23.3 Å². The fourth-order valence-corrected chi connectivity index (χ4v) is 4.94. The molecule has 2 aromatic heterocycles. The Kier molecular flexibility index (Phi) is 5.76. The van der Waals surface area contributed by atoms with Gasteiger partial charge in [0, 0.05) is 19.2 Å². The molecule has 0 unspecified atom stereocenters. The van der Waals surface area contributed by atoms with Crippen LogP contribution in [0.4, 0.5) is 18.9 Å². The molecule has 0 radical (unpaired) electrons. The first-order chi connectivity index (χ1) is 15.4. The summed E-state index contributed by atoms with van der Waals surface area (Å²) < 4.78 is 68.9. The van der Waals surface area contributed by atoms with Gasteiger partial charge in [-0.15, -0.1) is 0 Å². The Morgan fingerprint density at radius 2 is 1.94 bits per heavy atom. The first-order valence-corrected chi connectivity index (χ1v) is 12.1. The number of halogens is 3. The first kappa shape index (κ1) is 23.3. The molecule has 3 aromatic rings. The normalized spacial score (nSPS) is 19.4. The predicted octanol–water partition coefficient (Wildman–Crippen LogP) is 4.30. The van der Waals surface area contributed by atoms with E-state index < -0.39 is 50.0 Å². The topological polar surface area (TPSA) is 71.7 Å². The van der Waals surface area contributed by atoms with Crippen LogP contribution >= 0.6 is 0 Å². The fraction of sp³-hybridized carbons (Fsp3) is 0.391. The van der Waals surface area contributed by atoms with Crippen LogP contribution in [0.1, 0.15) is 49.2 Å². The molecule has 0 spiro atoms. The van der Waals surface area contributed by atoms with E-state index in [1.54, 1.807) is 6.07 Å². The van der Waals surface area contributed by atoms with Gasteiger partial charge in [-0.1, -0.05) is 12.1 Å². The molecule has 1 aliphatic heterocycles. The van der Waals surface area contributed by atoms with E-state index in [1.165, 1.54) is 56.1 Å². The Bertz CT molecular complexity index is 1330. The molecule has 1 aliphatic rings. The number of carbonyl (C=O) groups is 1. The van der Waals surface area contributed by atoms with Crippen LogP contribution in [-0.2, 0) is 9.84 Å². The van der Waals surface area contributed by atoms with Gasteiger partial charge < -0.3 is 4.90 Å². The van der Waals surface area contributed by atoms with Crippen molar-refractivity contribution in [3.05, 3.63) is 65.5 Å². The third kappa shape index (κ3) is 4.23. The molecule has 1 aromatic carbocycles. The van der Waals surface area contributed by atoms with E-state index in [9.17, 15) is 22.0 Å². The lowest BCUT2D eigenvalue weighted by atomic mass is 10.0. The highest BCUT2D eigenvalue weighted by Crippen LogP contribution is 2.39. The number of hydrogen-bond donors (Lipinski definition) is 0. The molecule has 0 N–H and O–H groups in total. The summed E-state index contributed by atoms with van der Waals surface area (Å²) in [5, 5.41) is 3.98. The minimum Gasteiger partial charge on any atom is -0.359 e. The predicted molar refractivity (Wildman–Crippen MR) is 119 cm³/mol. The Morgan fingerprint density at radius 3 is 2.61 bits per heavy atom. The average Bonchev–Trinajstić information content (AvgIpc) is 3.31. The number of pyridine rings is 1. The van der Waals surface area contributed by atoms with E-state index in [1.807, 2.05) is 0 Å². The number of aromatic nitrogens is 2. The molecule has 1 fully saturated rings. The molecule has 0 bridgehead atoms. The Balaban J connectivity index is 1.76. The number of alkyl halides is 1. The summed E-state index contributed by atoms with van der Waals surface area (Å²) in [6.07, 6.45) is 1.37. The third-order valence-electron chi connectivity index (χ3n) is 5.95. The number of anilines is 1. The maximum atomic E-state index is 15.7. The van der Waals surface area contributed by atoms with Crippen LogP contribution in [-0.4, -0.2) is 47.0 Å². The summed E-state index contributed by atoms with van der Waals surface area (Å²) in [5.74, 6) is -2.86. The number of rotatable bonds is 5. The molecule has 176 valence electrons. The largest absolute Gasteiger partial charge is 0.359 e. The van der Waals surface area contributed by atoms with E-state index >= 15 is 4.39 Å². The first-order valence-electron chi connectivity index (χ1n) is 10.5. The van der Waals surface area contributed by atoms with Gasteiger partial charge in [0.25, 0.3) is 0 Å². The highest BCUT2D eigenvalue weighted by Gasteiger charge is 2.37. The monoisotopic (exact) mass is 479 g/mol. The van der Waals surface area contributed by atoms with E-state index in [-0.39, 0.29) is 29.7 Å². The van der Waals surface area contributed by atoms with Gasteiger partial charge in [-0.2, -0.15) is 5.10 Å². The lowest BCUT2D eigenvalue weighted by Gasteiger charge is -2.27. The van der Waals surface area contributed by atoms with Crippen molar-refractivity contribution in [2.45, 2.75) is 44.2 Å². The van der Waals surface area contributed by atoms with Gasteiger partial charge >= 0.3 is 0 Å². The lowest BCUT2D eigenvalue weighted by Crippen LogP contribution is -2.33. The zero-order valence-electron chi connectivity index (χ0n) is 18.4. The van der Waals surface area contributed by atoms with Crippen LogP contribution in [0.5, 0.6) is 0 Å². The molecule has 33 heavy (non-hydrogen) atoms. The number of nitrogens with zero attached hydrogens (tertiary/aromatic N) is 3. The number of hydrogen-bond acceptors (Lipinski definition) is 5. The van der Waals surface area contributed by atoms with E-state index in [0.717, 1.165) is 10.7 Å². The second kappa shape index (κ2) is 8.16. The second-order valence-electron chi connectivity index (χ2n) is 9.22. The van der Waals surface area contributed by atoms with Crippen molar-refractivity contribution in [3.63, 3.8) is 0 Å². The molecule has 4 rings (SSSR count). The van der Waals surface area contributed by atoms with Gasteiger partial charge in [-0.05, 0) is 44.5 Å². The minimum absolute atomic E-state index is 0.0325. The Labute approximate surface area is 189 Å². The van der Waals surface area contributed by atoms with Crippen LogP contribution in [0.15, 0.2) is 42.7 Å². The van der Waals surface area contributed by atoms with Gasteiger partial charge in [0.15, 0.2) is 21.4 Å². The van der Waals surface area contributed by atoms with Crippen molar-refractivity contribution in [2.24, 2.45) is 0 Å². The van der Waals surface area contributed by atoms with Crippen LogP contribution in [0.3, 0.4) is 0 Å². The SMILES string of the molecule is CC(C)(C)S(=O)(=O)CC(=O)c1cnn2ccc(N3C[C@@H](F)C[C@@H]3c3cccc(F)c3)c(F)c12. The summed E-state index contributed by atoms with van der Waals surface area (Å²) in [6, 6.07) is 6.54. The summed E-state index contributed by atoms with van der Waals surface area (Å²) in [7, 11) is -3.79. The molecule has 6 nitrogen and oxygen atoms in total. The van der Waals surface area contributed by atoms with Crippen LogP contribution in [0, 0.1) is 11.6 Å². The third-order valence-corrected chi connectivity index (χ3v) is 8.46. The van der Waals surface area contributed by atoms with Gasteiger partial charge in [0.05, 0.1) is 28.2 Å². The Hall–Kier alpha value is -2.88. The number of ketones is 1. The zero-order chi connectivity index (χ0) is 24.1. The van der Waals surface area contributed by atoms with Gasteiger partial charge in [-0.3, -0.25) is 4.79 Å². The van der Waals surface area contributed by atoms with Gasteiger partial charge in [0.2, 0.25) is 0 Å². The van der Waals surface area contributed by atoms with Crippen molar-refractivity contribution in [3.8, 4) is 0 Å². The van der Waals surface area contributed by atoms with Crippen molar-refractivity contribution in [1.29, 1.82) is 0 Å². The molecule has 3 heterocycles. The van der Waals surface area contributed by atoms with E-state index in [0.29, 0.717) is 5.56 Å². The molecule has 2 atom stereocenters. The Morgan fingerprint density at radius 1 is 1.21 bits per heavy atom. The number of sulfone groups is 1. The summed E-state index contributed by atoms with van der Waals surface area (Å²) in [4.78, 5) is 14.3. The molecule has 0 aliphatic carbocycles. The lowest BCUT2D eigenvalue weighted by molar-refractivity contribution is 0.102. The van der Waals surface area contributed by atoms with Crippen molar-refractivity contribution < 1.29 is 26.4 Å². The smallest absolute Gasteiger partial charge is 0.181 e. The van der Waals surface area contributed by atoms with Crippen molar-refractivity contribution in [1.82, 2.24) is 9.61 Å². The molecule has 10 heteroatoms. The molecular formula is C23H24F3N3O3S. The number of benzene rings is 1. The molecule has 0 amide bonds. The van der Waals surface area contributed by atoms with Crippen LogP contribution in [0.2, 0.25) is 0 Å². The van der Waals surface area contributed by atoms with Gasteiger partial charge in [-0.25, -0.2) is 26.1 Å². The van der Waals surface area contributed by atoms with Crippen molar-refractivity contribution >= 4 is 26.8 Å². The van der Waals surface area contributed by atoms with Crippen LogP contribution < -0.4 is 4.90 Å². The summed E-state index contributed by atoms with van der Waals surface area (Å²) >= 11 is 0. The average molecular weight is 480 g/mol. The number of Topliss-reactive ketones (excluding diaryl/α,β-unsaturated/α-hetero) is 1. The van der Waals surface area contributed by atoms with E-state index in [2.05, 4.69) is 5.10 Å². The number of carbonyl (C=O) groups excluding carboxylic acids is 1. The van der Waals surface area contributed by atoms with Crippen molar-refractivity contribution in [2.75, 3.05) is 17.2 Å². The summed E-state index contributed by atoms with van der Waals surface area (Å²) in [6.45, 7) is 4.34. The zero-order valence-corrected chi connectivity index (χ0v) is 19.2. The minimum atomic E-state index is -3.79. The molecular weight excluding hydrogens is 455 g/mol. The van der Waals surface area contributed by atoms with Crippen LogP contribution in [0.25, 0.3) is 5.52 Å². The van der Waals surface area contributed by atoms with E-state index in [4.69, 9.17) is 0 Å². The highest BCUT2D eigenvalue weighted by molar-refractivity contribution is 7.93. The maximum absolute atomic E-state index is 15.7.